The van der Waals surface area contributed by atoms with Gasteiger partial charge in [-0.2, -0.15) is 0 Å². The summed E-state index contributed by atoms with van der Waals surface area (Å²) in [4.78, 5) is 0. The molecule has 0 aromatic heterocycles. The highest BCUT2D eigenvalue weighted by atomic mass is 19.1. The van der Waals surface area contributed by atoms with Gasteiger partial charge in [0.1, 0.15) is 5.75 Å². The van der Waals surface area contributed by atoms with Crippen molar-refractivity contribution in [2.24, 2.45) is 5.92 Å². The van der Waals surface area contributed by atoms with Gasteiger partial charge in [-0.1, -0.05) is 0 Å². The van der Waals surface area contributed by atoms with Gasteiger partial charge in [0.05, 0.1) is 14.2 Å². The van der Waals surface area contributed by atoms with E-state index in [1.807, 2.05) is 0 Å². The Morgan fingerprint density at radius 3 is 2.44 bits per heavy atom. The summed E-state index contributed by atoms with van der Waals surface area (Å²) in [6.45, 7) is 2.09. The van der Waals surface area contributed by atoms with E-state index in [-0.39, 0.29) is 11.6 Å². The van der Waals surface area contributed by atoms with Gasteiger partial charge in [-0.3, -0.25) is 0 Å². The molecule has 1 N–H and O–H groups in total. The Morgan fingerprint density at radius 1 is 1.17 bits per heavy atom. The lowest BCUT2D eigenvalue weighted by Gasteiger charge is -2.23. The van der Waals surface area contributed by atoms with Gasteiger partial charge in [0.15, 0.2) is 11.6 Å². The topological polar surface area (TPSA) is 30.5 Å². The number of methoxy groups -OCH3 is 2. The summed E-state index contributed by atoms with van der Waals surface area (Å²) >= 11 is 0. The lowest BCUT2D eigenvalue weighted by atomic mass is 9.90. The van der Waals surface area contributed by atoms with Crippen molar-refractivity contribution in [2.45, 2.75) is 19.3 Å². The van der Waals surface area contributed by atoms with Gasteiger partial charge < -0.3 is 14.8 Å². The van der Waals surface area contributed by atoms with Crippen LogP contribution in [0.1, 0.15) is 18.4 Å². The minimum Gasteiger partial charge on any atom is -0.496 e. The third-order valence-electron chi connectivity index (χ3n) is 3.52. The lowest BCUT2D eigenvalue weighted by molar-refractivity contribution is 0.352. The Hall–Kier alpha value is -1.29. The summed E-state index contributed by atoms with van der Waals surface area (Å²) in [5.74, 6) is 1.24. The summed E-state index contributed by atoms with van der Waals surface area (Å²) in [5, 5.41) is 3.33. The maximum Gasteiger partial charge on any atom is 0.165 e. The average Bonchev–Trinajstić information content (AvgIpc) is 2.40. The van der Waals surface area contributed by atoms with Gasteiger partial charge in [-0.25, -0.2) is 4.39 Å². The fourth-order valence-electron chi connectivity index (χ4n) is 2.48. The summed E-state index contributed by atoms with van der Waals surface area (Å²) in [7, 11) is 3.07. The van der Waals surface area contributed by atoms with E-state index in [1.54, 1.807) is 19.2 Å². The number of hydrogen-bond donors (Lipinski definition) is 1. The SMILES string of the molecule is COc1cc(OC)c(CC2CCNCC2)cc1F. The van der Waals surface area contributed by atoms with Crippen molar-refractivity contribution in [3.8, 4) is 11.5 Å². The third-order valence-corrected chi connectivity index (χ3v) is 3.52. The number of benzene rings is 1. The van der Waals surface area contributed by atoms with E-state index in [9.17, 15) is 4.39 Å². The van der Waals surface area contributed by atoms with Gasteiger partial charge in [0.25, 0.3) is 0 Å². The fourth-order valence-corrected chi connectivity index (χ4v) is 2.48. The Bertz CT molecular complexity index is 403. The first-order valence-corrected chi connectivity index (χ1v) is 6.35. The molecule has 0 amide bonds. The van der Waals surface area contributed by atoms with Crippen molar-refractivity contribution in [3.63, 3.8) is 0 Å². The second-order valence-electron chi connectivity index (χ2n) is 4.70. The molecular weight excluding hydrogens is 233 g/mol. The molecule has 1 heterocycles. The highest BCUT2D eigenvalue weighted by Crippen LogP contribution is 2.31. The van der Waals surface area contributed by atoms with E-state index in [0.29, 0.717) is 11.7 Å². The van der Waals surface area contributed by atoms with E-state index in [1.165, 1.54) is 7.11 Å². The van der Waals surface area contributed by atoms with E-state index in [2.05, 4.69) is 5.32 Å². The van der Waals surface area contributed by atoms with Crippen LogP contribution in [0.5, 0.6) is 11.5 Å². The molecule has 4 heteroatoms. The predicted octanol–water partition coefficient (Wildman–Crippen LogP) is 2.39. The number of nitrogens with one attached hydrogen (secondary N) is 1. The first-order valence-electron chi connectivity index (χ1n) is 6.35. The van der Waals surface area contributed by atoms with E-state index in [4.69, 9.17) is 9.47 Å². The van der Waals surface area contributed by atoms with Crippen molar-refractivity contribution in [1.82, 2.24) is 5.32 Å². The molecule has 18 heavy (non-hydrogen) atoms. The summed E-state index contributed by atoms with van der Waals surface area (Å²) in [6, 6.07) is 3.17. The quantitative estimate of drug-likeness (QED) is 0.893. The number of ether oxygens (including phenoxy) is 2. The zero-order chi connectivity index (χ0) is 13.0. The first kappa shape index (κ1) is 13.1. The maximum atomic E-state index is 13.7. The molecule has 0 radical (unpaired) electrons. The molecular formula is C14H20FNO2. The zero-order valence-corrected chi connectivity index (χ0v) is 11.0. The van der Waals surface area contributed by atoms with E-state index < -0.39 is 0 Å². The van der Waals surface area contributed by atoms with Crippen molar-refractivity contribution in [2.75, 3.05) is 27.3 Å². The van der Waals surface area contributed by atoms with Crippen LogP contribution in [0.25, 0.3) is 0 Å². The minimum absolute atomic E-state index is 0.237. The average molecular weight is 253 g/mol. The maximum absolute atomic E-state index is 13.7. The van der Waals surface area contributed by atoms with Crippen LogP contribution in [0, 0.1) is 11.7 Å². The molecule has 1 fully saturated rings. The van der Waals surface area contributed by atoms with Crippen molar-refractivity contribution in [1.29, 1.82) is 0 Å². The summed E-state index contributed by atoms with van der Waals surface area (Å²) in [6.07, 6.45) is 3.14. The Kier molecular flexibility index (Phi) is 4.42. The van der Waals surface area contributed by atoms with Crippen LogP contribution in [-0.2, 0) is 6.42 Å². The zero-order valence-electron chi connectivity index (χ0n) is 11.0. The molecule has 1 saturated heterocycles. The van der Waals surface area contributed by atoms with Crippen LogP contribution in [-0.4, -0.2) is 27.3 Å². The smallest absolute Gasteiger partial charge is 0.165 e. The largest absolute Gasteiger partial charge is 0.496 e. The van der Waals surface area contributed by atoms with Crippen molar-refractivity contribution >= 4 is 0 Å². The van der Waals surface area contributed by atoms with Gasteiger partial charge in [0, 0.05) is 6.07 Å². The summed E-state index contributed by atoms with van der Waals surface area (Å²) in [5.41, 5.74) is 0.933. The van der Waals surface area contributed by atoms with Crippen LogP contribution in [0.4, 0.5) is 4.39 Å². The van der Waals surface area contributed by atoms with Gasteiger partial charge in [0.2, 0.25) is 0 Å². The second kappa shape index (κ2) is 6.05. The monoisotopic (exact) mass is 253 g/mol. The Balaban J connectivity index is 2.17. The molecule has 0 saturated carbocycles. The van der Waals surface area contributed by atoms with E-state index in [0.717, 1.165) is 37.9 Å². The third kappa shape index (κ3) is 2.93. The second-order valence-corrected chi connectivity index (χ2v) is 4.70. The van der Waals surface area contributed by atoms with Crippen LogP contribution in [0.2, 0.25) is 0 Å². The molecule has 100 valence electrons. The molecule has 0 spiro atoms. The van der Waals surface area contributed by atoms with E-state index >= 15 is 0 Å². The van der Waals surface area contributed by atoms with Crippen molar-refractivity contribution in [3.05, 3.63) is 23.5 Å². The van der Waals surface area contributed by atoms with Crippen LogP contribution in [0.15, 0.2) is 12.1 Å². The van der Waals surface area contributed by atoms with Crippen LogP contribution >= 0.6 is 0 Å². The number of halogens is 1. The fraction of sp³-hybridized carbons (Fsp3) is 0.571. The molecule has 1 aromatic rings. The van der Waals surface area contributed by atoms with Crippen LogP contribution < -0.4 is 14.8 Å². The lowest BCUT2D eigenvalue weighted by Crippen LogP contribution is -2.28. The molecule has 0 unspecified atom stereocenters. The Labute approximate surface area is 107 Å². The van der Waals surface area contributed by atoms with Crippen LogP contribution in [0.3, 0.4) is 0 Å². The molecule has 3 nitrogen and oxygen atoms in total. The molecule has 1 aliphatic heterocycles. The van der Waals surface area contributed by atoms with Crippen molar-refractivity contribution < 1.29 is 13.9 Å². The molecule has 0 atom stereocenters. The van der Waals surface area contributed by atoms with Gasteiger partial charge in [-0.05, 0) is 49.9 Å². The normalized spacial score (nSPS) is 16.6. The minimum atomic E-state index is -0.317. The Morgan fingerprint density at radius 2 is 1.83 bits per heavy atom. The molecule has 1 aromatic carbocycles. The molecule has 0 aliphatic carbocycles. The highest BCUT2D eigenvalue weighted by molar-refractivity contribution is 5.42. The summed E-state index contributed by atoms with van der Waals surface area (Å²) < 4.78 is 24.0. The number of piperidine rings is 1. The first-order chi connectivity index (χ1) is 8.74. The molecule has 1 aliphatic rings. The standard InChI is InChI=1S/C14H20FNO2/c1-17-13-9-14(18-2)12(15)8-11(13)7-10-3-5-16-6-4-10/h8-10,16H,3-7H2,1-2H3. The molecule has 2 rings (SSSR count). The number of hydrogen-bond acceptors (Lipinski definition) is 3. The van der Waals surface area contributed by atoms with Gasteiger partial charge >= 0.3 is 0 Å². The highest BCUT2D eigenvalue weighted by Gasteiger charge is 2.18. The van der Waals surface area contributed by atoms with Gasteiger partial charge in [-0.15, -0.1) is 0 Å². The predicted molar refractivity (Wildman–Crippen MR) is 68.8 cm³/mol. The molecule has 0 bridgehead atoms. The number of rotatable bonds is 4.